The Morgan fingerprint density at radius 3 is 1.79 bits per heavy atom. The van der Waals surface area contributed by atoms with Crippen molar-refractivity contribution in [2.45, 2.75) is 0 Å². The molecule has 220 valence electrons. The summed E-state index contributed by atoms with van der Waals surface area (Å²) < 4.78 is 2.43. The van der Waals surface area contributed by atoms with E-state index in [-0.39, 0.29) is 0 Å². The van der Waals surface area contributed by atoms with Crippen molar-refractivity contribution < 1.29 is 0 Å². The quantitative estimate of drug-likeness (QED) is 0.193. The van der Waals surface area contributed by atoms with E-state index in [0.717, 1.165) is 33.4 Å². The number of hydrogen-bond donors (Lipinski definition) is 0. The topological polar surface area (TPSA) is 38.7 Å². The summed E-state index contributed by atoms with van der Waals surface area (Å²) >= 11 is 1.79. The monoisotopic (exact) mass is 617 g/mol. The summed E-state index contributed by atoms with van der Waals surface area (Å²) in [5, 5.41) is 4.94. The molecule has 0 fully saturated rings. The standard InChI is InChI=1S/C43H27N3S/c1-2-12-30(13-3-1)34-15-6-7-17-37(34)42-44-41(31-24-21-29(22-25-31)33-26-23-28-11-4-5-14-32(28)27-33)45-43(46-42)38-19-10-18-36-35-16-8-9-20-39(35)47-40(36)38/h1-27H. The molecule has 0 amide bonds. The number of aromatic nitrogens is 3. The first-order chi connectivity index (χ1) is 23.3. The van der Waals surface area contributed by atoms with Gasteiger partial charge in [-0.1, -0.05) is 146 Å². The second-order valence-corrected chi connectivity index (χ2v) is 12.7. The van der Waals surface area contributed by atoms with Gasteiger partial charge >= 0.3 is 0 Å². The van der Waals surface area contributed by atoms with Crippen LogP contribution in [0, 0.1) is 0 Å². The van der Waals surface area contributed by atoms with Crippen LogP contribution < -0.4 is 0 Å². The van der Waals surface area contributed by atoms with Gasteiger partial charge < -0.3 is 0 Å². The first kappa shape index (κ1) is 27.3. The molecule has 4 heteroatoms. The maximum Gasteiger partial charge on any atom is 0.165 e. The van der Waals surface area contributed by atoms with Gasteiger partial charge in [-0.3, -0.25) is 0 Å². The zero-order valence-electron chi connectivity index (χ0n) is 25.3. The second kappa shape index (κ2) is 11.4. The van der Waals surface area contributed by atoms with E-state index < -0.39 is 0 Å². The van der Waals surface area contributed by atoms with Gasteiger partial charge in [-0.2, -0.15) is 0 Å². The van der Waals surface area contributed by atoms with Crippen molar-refractivity contribution in [1.82, 2.24) is 15.0 Å². The summed E-state index contributed by atoms with van der Waals surface area (Å²) in [4.78, 5) is 15.5. The van der Waals surface area contributed by atoms with E-state index in [2.05, 4.69) is 158 Å². The van der Waals surface area contributed by atoms with Gasteiger partial charge in [-0.25, -0.2) is 15.0 Å². The smallest absolute Gasteiger partial charge is 0.165 e. The van der Waals surface area contributed by atoms with Gasteiger partial charge in [0.15, 0.2) is 17.5 Å². The Labute approximate surface area is 276 Å². The minimum absolute atomic E-state index is 0.649. The van der Waals surface area contributed by atoms with Crippen LogP contribution in [0.5, 0.6) is 0 Å². The lowest BCUT2D eigenvalue weighted by Crippen LogP contribution is -2.01. The normalized spacial score (nSPS) is 11.4. The highest BCUT2D eigenvalue weighted by atomic mass is 32.1. The second-order valence-electron chi connectivity index (χ2n) is 11.6. The van der Waals surface area contributed by atoms with Crippen molar-refractivity contribution in [2.24, 2.45) is 0 Å². The Morgan fingerprint density at radius 2 is 0.936 bits per heavy atom. The van der Waals surface area contributed by atoms with Gasteiger partial charge in [0.25, 0.3) is 0 Å². The van der Waals surface area contributed by atoms with E-state index in [1.54, 1.807) is 11.3 Å². The van der Waals surface area contributed by atoms with Crippen LogP contribution in [0.15, 0.2) is 164 Å². The Morgan fingerprint density at radius 1 is 0.340 bits per heavy atom. The van der Waals surface area contributed by atoms with Gasteiger partial charge in [-0.15, -0.1) is 11.3 Å². The number of nitrogens with zero attached hydrogens (tertiary/aromatic N) is 3. The molecule has 2 aromatic heterocycles. The van der Waals surface area contributed by atoms with Crippen molar-refractivity contribution in [3.8, 4) is 56.4 Å². The van der Waals surface area contributed by atoms with E-state index >= 15 is 0 Å². The van der Waals surface area contributed by atoms with Crippen molar-refractivity contribution in [2.75, 3.05) is 0 Å². The predicted molar refractivity (Wildman–Crippen MR) is 197 cm³/mol. The number of thiophene rings is 1. The summed E-state index contributed by atoms with van der Waals surface area (Å²) in [6.07, 6.45) is 0. The summed E-state index contributed by atoms with van der Waals surface area (Å²) in [7, 11) is 0. The fourth-order valence-corrected chi connectivity index (χ4v) is 7.61. The number of fused-ring (bicyclic) bond motifs is 4. The van der Waals surface area contributed by atoms with Gasteiger partial charge in [0.05, 0.1) is 0 Å². The van der Waals surface area contributed by atoms with E-state index in [1.807, 2.05) is 6.07 Å². The lowest BCUT2D eigenvalue weighted by molar-refractivity contribution is 1.08. The van der Waals surface area contributed by atoms with Crippen LogP contribution in [-0.2, 0) is 0 Å². The summed E-state index contributed by atoms with van der Waals surface area (Å²) in [5.74, 6) is 1.97. The Balaban J connectivity index is 1.22. The first-order valence-corrected chi connectivity index (χ1v) is 16.5. The van der Waals surface area contributed by atoms with Gasteiger partial charge in [-0.05, 0) is 51.2 Å². The molecular formula is C43H27N3S. The maximum absolute atomic E-state index is 5.18. The molecule has 0 saturated heterocycles. The summed E-state index contributed by atoms with van der Waals surface area (Å²) in [5.41, 5.74) is 7.47. The molecule has 0 spiro atoms. The van der Waals surface area contributed by atoms with Gasteiger partial charge in [0, 0.05) is 36.9 Å². The van der Waals surface area contributed by atoms with Crippen molar-refractivity contribution in [1.29, 1.82) is 0 Å². The highest BCUT2D eigenvalue weighted by molar-refractivity contribution is 7.26. The molecule has 0 unspecified atom stereocenters. The van der Waals surface area contributed by atoms with Crippen LogP contribution in [0.1, 0.15) is 0 Å². The van der Waals surface area contributed by atoms with Crippen LogP contribution in [0.2, 0.25) is 0 Å². The highest BCUT2D eigenvalue weighted by Gasteiger charge is 2.18. The molecule has 0 aliphatic heterocycles. The third-order valence-electron chi connectivity index (χ3n) is 8.76. The molecule has 0 bridgehead atoms. The molecule has 0 radical (unpaired) electrons. The largest absolute Gasteiger partial charge is 0.208 e. The molecular weight excluding hydrogens is 591 g/mol. The average molecular weight is 618 g/mol. The molecule has 0 saturated carbocycles. The van der Waals surface area contributed by atoms with E-state index in [9.17, 15) is 0 Å². The molecule has 3 nitrogen and oxygen atoms in total. The molecule has 0 aliphatic carbocycles. The summed E-state index contributed by atoms with van der Waals surface area (Å²) in [6, 6.07) is 57.4. The molecule has 9 rings (SSSR count). The number of hydrogen-bond acceptors (Lipinski definition) is 4. The summed E-state index contributed by atoms with van der Waals surface area (Å²) in [6.45, 7) is 0. The predicted octanol–water partition coefficient (Wildman–Crippen LogP) is 11.7. The minimum atomic E-state index is 0.649. The Hall–Kier alpha value is -5.97. The minimum Gasteiger partial charge on any atom is -0.208 e. The molecule has 7 aromatic carbocycles. The fourth-order valence-electron chi connectivity index (χ4n) is 6.40. The highest BCUT2D eigenvalue weighted by Crippen LogP contribution is 2.40. The van der Waals surface area contributed by atoms with Crippen molar-refractivity contribution >= 4 is 42.3 Å². The molecule has 47 heavy (non-hydrogen) atoms. The van der Waals surface area contributed by atoms with Crippen LogP contribution in [0.4, 0.5) is 0 Å². The zero-order chi connectivity index (χ0) is 31.2. The van der Waals surface area contributed by atoms with Crippen LogP contribution in [0.3, 0.4) is 0 Å². The maximum atomic E-state index is 5.18. The zero-order valence-corrected chi connectivity index (χ0v) is 26.2. The van der Waals surface area contributed by atoms with E-state index in [1.165, 1.54) is 36.5 Å². The van der Waals surface area contributed by atoms with E-state index in [0.29, 0.717) is 17.5 Å². The fraction of sp³-hybridized carbons (Fsp3) is 0. The number of benzene rings is 7. The van der Waals surface area contributed by atoms with Crippen LogP contribution >= 0.6 is 11.3 Å². The van der Waals surface area contributed by atoms with Crippen molar-refractivity contribution in [3.63, 3.8) is 0 Å². The lowest BCUT2D eigenvalue weighted by Gasteiger charge is -2.12. The Kier molecular flexibility index (Phi) is 6.65. The molecule has 9 aromatic rings. The SMILES string of the molecule is c1ccc(-c2ccccc2-c2nc(-c3ccc(-c4ccc5ccccc5c4)cc3)nc(-c3cccc4c3sc3ccccc34)n2)cc1. The molecule has 2 heterocycles. The lowest BCUT2D eigenvalue weighted by atomic mass is 9.99. The van der Waals surface area contributed by atoms with Crippen molar-refractivity contribution in [3.05, 3.63) is 164 Å². The molecule has 0 aliphatic rings. The third kappa shape index (κ3) is 4.96. The first-order valence-electron chi connectivity index (χ1n) is 15.7. The van der Waals surface area contributed by atoms with Gasteiger partial charge in [0.1, 0.15) is 0 Å². The Bertz CT molecular complexity index is 2570. The van der Waals surface area contributed by atoms with E-state index in [4.69, 9.17) is 15.0 Å². The number of rotatable bonds is 5. The average Bonchev–Trinajstić information content (AvgIpc) is 3.54. The molecule has 0 atom stereocenters. The van der Waals surface area contributed by atoms with Crippen LogP contribution in [-0.4, -0.2) is 15.0 Å². The molecule has 0 N–H and O–H groups in total. The van der Waals surface area contributed by atoms with Crippen LogP contribution in [0.25, 0.3) is 87.4 Å². The van der Waals surface area contributed by atoms with Gasteiger partial charge in [0.2, 0.25) is 0 Å². The third-order valence-corrected chi connectivity index (χ3v) is 9.98.